The number of ether oxygens (including phenoxy) is 1. The molecule has 28 heavy (non-hydrogen) atoms. The molecule has 2 amide bonds. The predicted molar refractivity (Wildman–Crippen MR) is 112 cm³/mol. The molecule has 6 nitrogen and oxygen atoms in total. The van der Waals surface area contributed by atoms with Crippen molar-refractivity contribution >= 4 is 55.4 Å². The maximum absolute atomic E-state index is 12.1. The van der Waals surface area contributed by atoms with Gasteiger partial charge in [0, 0.05) is 26.4 Å². The number of primary amides is 1. The quantitative estimate of drug-likeness (QED) is 0.422. The highest BCUT2D eigenvalue weighted by Crippen LogP contribution is 2.34. The average Bonchev–Trinajstić information content (AvgIpc) is 3.06. The van der Waals surface area contributed by atoms with Crippen molar-refractivity contribution in [3.63, 3.8) is 0 Å². The van der Waals surface area contributed by atoms with Gasteiger partial charge in [0.25, 0.3) is 5.91 Å². The summed E-state index contributed by atoms with van der Waals surface area (Å²) < 4.78 is 6.09. The van der Waals surface area contributed by atoms with Crippen LogP contribution in [0.5, 0.6) is 0 Å². The Morgan fingerprint density at radius 3 is 2.61 bits per heavy atom. The zero-order valence-corrected chi connectivity index (χ0v) is 16.2. The van der Waals surface area contributed by atoms with Crippen LogP contribution in [0, 0.1) is 0 Å². The van der Waals surface area contributed by atoms with Crippen molar-refractivity contribution in [2.75, 3.05) is 5.32 Å². The van der Waals surface area contributed by atoms with E-state index >= 15 is 0 Å². The topological polar surface area (TPSA) is 97.2 Å². The number of amides is 2. The Balaban J connectivity index is 1.60. The van der Waals surface area contributed by atoms with Gasteiger partial charge >= 0.3 is 6.09 Å². The van der Waals surface area contributed by atoms with E-state index in [1.165, 1.54) is 0 Å². The minimum atomic E-state index is -0.543. The van der Waals surface area contributed by atoms with Crippen molar-refractivity contribution in [1.29, 1.82) is 0 Å². The Hall–Kier alpha value is -3.32. The second kappa shape index (κ2) is 7.36. The van der Waals surface area contributed by atoms with Gasteiger partial charge in [-0.15, -0.1) is 0 Å². The van der Waals surface area contributed by atoms with Crippen LogP contribution in [0.15, 0.2) is 65.1 Å². The number of benzene rings is 3. The Morgan fingerprint density at radius 1 is 1.07 bits per heavy atom. The summed E-state index contributed by atoms with van der Waals surface area (Å²) in [5, 5.41) is 4.49. The van der Waals surface area contributed by atoms with Gasteiger partial charge in [-0.2, -0.15) is 0 Å². The van der Waals surface area contributed by atoms with Crippen molar-refractivity contribution in [3.05, 3.63) is 76.3 Å². The molecule has 0 spiro atoms. The lowest BCUT2D eigenvalue weighted by Crippen LogP contribution is -2.13. The number of aromatic amines is 1. The Labute approximate surface area is 168 Å². The molecular weight excluding hydrogens is 422 g/mol. The summed E-state index contributed by atoms with van der Waals surface area (Å²) in [5.74, 6) is -0.508. The zero-order valence-electron chi connectivity index (χ0n) is 14.7. The molecule has 0 saturated carbocycles. The molecule has 0 aliphatic heterocycles. The third-order valence-electron chi connectivity index (χ3n) is 4.43. The van der Waals surface area contributed by atoms with Gasteiger partial charge in [0.2, 0.25) is 0 Å². The van der Waals surface area contributed by atoms with E-state index in [-0.39, 0.29) is 6.61 Å². The Kier molecular flexibility index (Phi) is 4.75. The molecular formula is C21H16BrN3O3. The first-order valence-corrected chi connectivity index (χ1v) is 9.33. The maximum Gasteiger partial charge on any atom is 0.411 e. The van der Waals surface area contributed by atoms with Crippen LogP contribution in [0.25, 0.3) is 21.8 Å². The molecule has 4 rings (SSSR count). The van der Waals surface area contributed by atoms with E-state index in [0.29, 0.717) is 16.8 Å². The van der Waals surface area contributed by atoms with Crippen molar-refractivity contribution in [3.8, 4) is 0 Å². The van der Waals surface area contributed by atoms with E-state index < -0.39 is 12.0 Å². The van der Waals surface area contributed by atoms with Crippen LogP contribution >= 0.6 is 15.9 Å². The molecule has 0 bridgehead atoms. The number of carbonyl (C=O) groups excluding carboxylic acids is 2. The molecule has 0 fully saturated rings. The first-order chi connectivity index (χ1) is 13.5. The van der Waals surface area contributed by atoms with E-state index in [1.54, 1.807) is 24.3 Å². The molecule has 7 heteroatoms. The Bertz CT molecular complexity index is 1200. The van der Waals surface area contributed by atoms with Gasteiger partial charge in [0.05, 0.1) is 11.1 Å². The van der Waals surface area contributed by atoms with E-state index in [9.17, 15) is 9.59 Å². The standard InChI is InChI=1S/C21H16BrN3O3/c22-16-9-8-15(20(23)26)19-18(16)14-7-6-13(10-17(14)25-19)24-21(27)28-11-12-4-2-1-3-5-12/h1-10,25H,11H2,(H2,23,26)(H,24,27). The number of hydrogen-bond acceptors (Lipinski definition) is 3. The lowest BCUT2D eigenvalue weighted by atomic mass is 10.1. The van der Waals surface area contributed by atoms with Crippen molar-refractivity contribution < 1.29 is 14.3 Å². The Morgan fingerprint density at radius 2 is 1.86 bits per heavy atom. The summed E-state index contributed by atoms with van der Waals surface area (Å²) in [4.78, 5) is 27.0. The van der Waals surface area contributed by atoms with Gasteiger partial charge in [0.1, 0.15) is 6.61 Å². The van der Waals surface area contributed by atoms with Gasteiger partial charge in [-0.05, 0) is 29.8 Å². The predicted octanol–water partition coefficient (Wildman–Crippen LogP) is 4.93. The second-order valence-corrected chi connectivity index (χ2v) is 7.14. The maximum atomic E-state index is 12.1. The molecule has 3 aromatic carbocycles. The summed E-state index contributed by atoms with van der Waals surface area (Å²) in [5.41, 5.74) is 8.80. The molecule has 4 aromatic rings. The molecule has 0 saturated heterocycles. The number of nitrogens with two attached hydrogens (primary N) is 1. The second-order valence-electron chi connectivity index (χ2n) is 6.28. The minimum Gasteiger partial charge on any atom is -0.444 e. The SMILES string of the molecule is NC(=O)c1ccc(Br)c2c1[nH]c1cc(NC(=O)OCc3ccccc3)ccc12. The van der Waals surface area contributed by atoms with E-state index in [2.05, 4.69) is 26.2 Å². The summed E-state index contributed by atoms with van der Waals surface area (Å²) in [7, 11) is 0. The number of fused-ring (bicyclic) bond motifs is 3. The molecule has 0 unspecified atom stereocenters. The fourth-order valence-corrected chi connectivity index (χ4v) is 3.67. The van der Waals surface area contributed by atoms with E-state index in [4.69, 9.17) is 10.5 Å². The summed E-state index contributed by atoms with van der Waals surface area (Å²) in [6.45, 7) is 0.191. The highest BCUT2D eigenvalue weighted by Gasteiger charge is 2.15. The highest BCUT2D eigenvalue weighted by molar-refractivity contribution is 9.10. The molecule has 1 heterocycles. The van der Waals surface area contributed by atoms with Crippen LogP contribution in [0.3, 0.4) is 0 Å². The monoisotopic (exact) mass is 437 g/mol. The number of aromatic nitrogens is 1. The van der Waals surface area contributed by atoms with E-state index in [0.717, 1.165) is 26.3 Å². The third-order valence-corrected chi connectivity index (χ3v) is 5.09. The van der Waals surface area contributed by atoms with Gasteiger partial charge in [-0.25, -0.2) is 4.79 Å². The molecule has 140 valence electrons. The number of nitrogens with one attached hydrogen (secondary N) is 2. The number of anilines is 1. The van der Waals surface area contributed by atoms with Crippen LogP contribution < -0.4 is 11.1 Å². The number of hydrogen-bond donors (Lipinski definition) is 3. The smallest absolute Gasteiger partial charge is 0.411 e. The number of H-pyrrole nitrogens is 1. The molecule has 0 aliphatic carbocycles. The fraction of sp³-hybridized carbons (Fsp3) is 0.0476. The fourth-order valence-electron chi connectivity index (χ4n) is 3.13. The van der Waals surface area contributed by atoms with Crippen LogP contribution in [0.4, 0.5) is 10.5 Å². The lowest BCUT2D eigenvalue weighted by molar-refractivity contribution is 0.100. The van der Waals surface area contributed by atoms with Crippen molar-refractivity contribution in [2.45, 2.75) is 6.61 Å². The van der Waals surface area contributed by atoms with Gasteiger partial charge in [-0.1, -0.05) is 52.3 Å². The number of rotatable bonds is 4. The number of carbonyl (C=O) groups is 2. The molecule has 0 aliphatic rings. The molecule has 0 atom stereocenters. The van der Waals surface area contributed by atoms with Crippen LogP contribution in [-0.4, -0.2) is 17.0 Å². The first kappa shape index (κ1) is 18.1. The highest BCUT2D eigenvalue weighted by atomic mass is 79.9. The summed E-state index contributed by atoms with van der Waals surface area (Å²) >= 11 is 3.52. The van der Waals surface area contributed by atoms with Crippen LogP contribution in [0.1, 0.15) is 15.9 Å². The van der Waals surface area contributed by atoms with Crippen molar-refractivity contribution in [1.82, 2.24) is 4.98 Å². The van der Waals surface area contributed by atoms with E-state index in [1.807, 2.05) is 36.4 Å². The van der Waals surface area contributed by atoms with Crippen LogP contribution in [0.2, 0.25) is 0 Å². The summed E-state index contributed by atoms with van der Waals surface area (Å²) in [6, 6.07) is 18.4. The molecule has 4 N–H and O–H groups in total. The summed E-state index contributed by atoms with van der Waals surface area (Å²) in [6.07, 6.45) is -0.543. The van der Waals surface area contributed by atoms with Crippen molar-refractivity contribution in [2.24, 2.45) is 5.73 Å². The molecule has 1 aromatic heterocycles. The zero-order chi connectivity index (χ0) is 19.7. The average molecular weight is 438 g/mol. The third kappa shape index (κ3) is 3.44. The van der Waals surface area contributed by atoms with Gasteiger partial charge in [-0.3, -0.25) is 10.1 Å². The lowest BCUT2D eigenvalue weighted by Gasteiger charge is -2.07. The first-order valence-electron chi connectivity index (χ1n) is 8.54. The largest absolute Gasteiger partial charge is 0.444 e. The van der Waals surface area contributed by atoms with Crippen LogP contribution in [-0.2, 0) is 11.3 Å². The number of halogens is 1. The van der Waals surface area contributed by atoms with Gasteiger partial charge < -0.3 is 15.5 Å². The molecule has 0 radical (unpaired) electrons. The minimum absolute atomic E-state index is 0.191. The van der Waals surface area contributed by atoms with Gasteiger partial charge in [0.15, 0.2) is 0 Å². The normalized spacial score (nSPS) is 10.9.